The molecule has 0 heterocycles. The molecule has 0 saturated heterocycles. The summed E-state index contributed by atoms with van der Waals surface area (Å²) in [6.07, 6.45) is 6.64. The van der Waals surface area contributed by atoms with Crippen LogP contribution in [0.25, 0.3) is 0 Å². The van der Waals surface area contributed by atoms with Crippen molar-refractivity contribution in [3.05, 3.63) is 0 Å². The van der Waals surface area contributed by atoms with Gasteiger partial charge in [0.15, 0.2) is 0 Å². The largest absolute Gasteiger partial charge is 0.358 e. The normalized spacial score (nSPS) is 18.5. The summed E-state index contributed by atoms with van der Waals surface area (Å²) in [6.45, 7) is 3.78. The van der Waals surface area contributed by atoms with E-state index < -0.39 is 5.97 Å². The molecular formula is C13H22O4. The van der Waals surface area contributed by atoms with E-state index in [2.05, 4.69) is 9.78 Å². The molecule has 1 aliphatic carbocycles. The Hall–Kier alpha value is -1.06. The summed E-state index contributed by atoms with van der Waals surface area (Å²) < 4.78 is 0. The van der Waals surface area contributed by atoms with E-state index in [0.29, 0.717) is 0 Å². The zero-order valence-electron chi connectivity index (χ0n) is 10.7. The van der Waals surface area contributed by atoms with Gasteiger partial charge in [-0.3, -0.25) is 0 Å². The van der Waals surface area contributed by atoms with Crippen LogP contribution in [0.5, 0.6) is 0 Å². The van der Waals surface area contributed by atoms with Gasteiger partial charge in [0, 0.05) is 0 Å². The molecule has 0 aromatic heterocycles. The molecule has 0 N–H and O–H groups in total. The Bertz CT molecular complexity index is 256. The first-order chi connectivity index (χ1) is 8.15. The molecule has 4 heteroatoms. The smallest absolute Gasteiger partial charge is 0.247 e. The lowest BCUT2D eigenvalue weighted by Crippen LogP contribution is -2.24. The summed E-state index contributed by atoms with van der Waals surface area (Å²) in [6, 6.07) is 0. The van der Waals surface area contributed by atoms with Crippen LogP contribution in [0.1, 0.15) is 58.8 Å². The average molecular weight is 242 g/mol. The molecule has 0 radical (unpaired) electrons. The van der Waals surface area contributed by atoms with Gasteiger partial charge in [0.1, 0.15) is 0 Å². The van der Waals surface area contributed by atoms with E-state index in [1.54, 1.807) is 6.92 Å². The van der Waals surface area contributed by atoms with Crippen molar-refractivity contribution in [1.29, 1.82) is 0 Å². The minimum Gasteiger partial charge on any atom is -0.247 e. The minimum absolute atomic E-state index is 0.0852. The fraction of sp³-hybridized carbons (Fsp3) is 0.846. The van der Waals surface area contributed by atoms with Crippen molar-refractivity contribution < 1.29 is 19.4 Å². The van der Waals surface area contributed by atoms with Crippen molar-refractivity contribution in [2.75, 3.05) is 0 Å². The van der Waals surface area contributed by atoms with Crippen LogP contribution >= 0.6 is 0 Å². The fourth-order valence-corrected chi connectivity index (χ4v) is 2.12. The van der Waals surface area contributed by atoms with Crippen molar-refractivity contribution in [3.63, 3.8) is 0 Å². The Balaban J connectivity index is 2.24. The molecule has 1 saturated carbocycles. The molecule has 0 aliphatic heterocycles. The van der Waals surface area contributed by atoms with Crippen LogP contribution in [0, 0.1) is 11.8 Å². The summed E-state index contributed by atoms with van der Waals surface area (Å²) >= 11 is 0. The van der Waals surface area contributed by atoms with Crippen molar-refractivity contribution in [2.45, 2.75) is 58.8 Å². The summed E-state index contributed by atoms with van der Waals surface area (Å²) in [5, 5.41) is 0. The molecule has 98 valence electrons. The first-order valence-electron chi connectivity index (χ1n) is 6.57. The topological polar surface area (TPSA) is 52.6 Å². The van der Waals surface area contributed by atoms with E-state index in [1.807, 2.05) is 6.92 Å². The number of rotatable bonds is 4. The quantitative estimate of drug-likeness (QED) is 0.561. The molecule has 1 atom stereocenters. The zero-order valence-corrected chi connectivity index (χ0v) is 10.7. The van der Waals surface area contributed by atoms with Gasteiger partial charge in [-0.25, -0.2) is 19.4 Å². The van der Waals surface area contributed by atoms with Crippen LogP contribution in [0.4, 0.5) is 0 Å². The predicted molar refractivity (Wildman–Crippen MR) is 62.8 cm³/mol. The van der Waals surface area contributed by atoms with Gasteiger partial charge in [0.05, 0.1) is 11.8 Å². The Morgan fingerprint density at radius 3 is 2.41 bits per heavy atom. The maximum atomic E-state index is 11.6. The third-order valence-corrected chi connectivity index (χ3v) is 3.27. The molecule has 4 nitrogen and oxygen atoms in total. The highest BCUT2D eigenvalue weighted by Crippen LogP contribution is 2.24. The second kappa shape index (κ2) is 7.30. The Morgan fingerprint density at radius 1 is 1.18 bits per heavy atom. The number of hydrogen-bond acceptors (Lipinski definition) is 4. The van der Waals surface area contributed by atoms with Gasteiger partial charge in [-0.2, -0.15) is 0 Å². The SMILES string of the molecule is CCCC(C)C(=O)OOC(=O)C1CCCCC1. The molecule has 0 bridgehead atoms. The monoisotopic (exact) mass is 242 g/mol. The second-order valence-electron chi connectivity index (χ2n) is 4.83. The number of carbonyl (C=O) groups is 2. The molecule has 1 rings (SSSR count). The van der Waals surface area contributed by atoms with Gasteiger partial charge in [-0.05, 0) is 19.3 Å². The highest BCUT2D eigenvalue weighted by atomic mass is 17.2. The van der Waals surface area contributed by atoms with E-state index in [1.165, 1.54) is 6.42 Å². The summed E-state index contributed by atoms with van der Waals surface area (Å²) in [5.41, 5.74) is 0. The number of hydrogen-bond donors (Lipinski definition) is 0. The van der Waals surface area contributed by atoms with E-state index in [9.17, 15) is 9.59 Å². The lowest BCUT2D eigenvalue weighted by atomic mass is 9.89. The first kappa shape index (κ1) is 14.0. The van der Waals surface area contributed by atoms with E-state index >= 15 is 0 Å². The van der Waals surface area contributed by atoms with Crippen molar-refractivity contribution in [2.24, 2.45) is 11.8 Å². The van der Waals surface area contributed by atoms with Gasteiger partial charge in [-0.15, -0.1) is 0 Å². The molecule has 17 heavy (non-hydrogen) atoms. The lowest BCUT2D eigenvalue weighted by Gasteiger charge is -2.18. The average Bonchev–Trinajstić information content (AvgIpc) is 2.36. The van der Waals surface area contributed by atoms with Crippen LogP contribution in [0.2, 0.25) is 0 Å². The van der Waals surface area contributed by atoms with Crippen molar-refractivity contribution in [3.8, 4) is 0 Å². The Morgan fingerprint density at radius 2 is 1.82 bits per heavy atom. The Labute approximate surface area is 103 Å². The Kier molecular flexibility index (Phi) is 6.01. The summed E-state index contributed by atoms with van der Waals surface area (Å²) in [5.74, 6) is -1.13. The van der Waals surface area contributed by atoms with Gasteiger partial charge < -0.3 is 0 Å². The van der Waals surface area contributed by atoms with Crippen molar-refractivity contribution in [1.82, 2.24) is 0 Å². The molecule has 0 aromatic rings. The van der Waals surface area contributed by atoms with Gasteiger partial charge in [-0.1, -0.05) is 39.5 Å². The predicted octanol–water partition coefficient (Wildman–Crippen LogP) is 3.00. The molecular weight excluding hydrogens is 220 g/mol. The fourth-order valence-electron chi connectivity index (χ4n) is 2.12. The molecule has 1 fully saturated rings. The third kappa shape index (κ3) is 4.75. The van der Waals surface area contributed by atoms with Crippen molar-refractivity contribution >= 4 is 11.9 Å². The van der Waals surface area contributed by atoms with E-state index in [0.717, 1.165) is 38.5 Å². The third-order valence-electron chi connectivity index (χ3n) is 3.27. The van der Waals surface area contributed by atoms with Gasteiger partial charge >= 0.3 is 11.9 Å². The summed E-state index contributed by atoms with van der Waals surface area (Å²) in [4.78, 5) is 32.2. The molecule has 0 aromatic carbocycles. The molecule has 0 spiro atoms. The highest BCUT2D eigenvalue weighted by molar-refractivity contribution is 5.75. The van der Waals surface area contributed by atoms with Gasteiger partial charge in [0.2, 0.25) is 0 Å². The van der Waals surface area contributed by atoms with Crippen LogP contribution < -0.4 is 0 Å². The first-order valence-corrected chi connectivity index (χ1v) is 6.57. The molecule has 1 aliphatic rings. The standard InChI is InChI=1S/C13H22O4/c1-3-7-10(2)12(14)16-17-13(15)11-8-5-4-6-9-11/h10-11H,3-9H2,1-2H3. The van der Waals surface area contributed by atoms with Crippen LogP contribution in [0.15, 0.2) is 0 Å². The summed E-state index contributed by atoms with van der Waals surface area (Å²) in [7, 11) is 0. The maximum Gasteiger partial charge on any atom is 0.358 e. The van der Waals surface area contributed by atoms with E-state index in [-0.39, 0.29) is 17.8 Å². The zero-order chi connectivity index (χ0) is 12.7. The minimum atomic E-state index is -0.448. The molecule has 0 amide bonds. The lowest BCUT2D eigenvalue weighted by molar-refractivity contribution is -0.265. The van der Waals surface area contributed by atoms with Crippen LogP contribution in [-0.4, -0.2) is 11.9 Å². The van der Waals surface area contributed by atoms with Crippen LogP contribution in [0.3, 0.4) is 0 Å². The highest BCUT2D eigenvalue weighted by Gasteiger charge is 2.25. The maximum absolute atomic E-state index is 11.6. The van der Waals surface area contributed by atoms with Crippen LogP contribution in [-0.2, 0) is 19.4 Å². The van der Waals surface area contributed by atoms with E-state index in [4.69, 9.17) is 0 Å². The van der Waals surface area contributed by atoms with Gasteiger partial charge in [0.25, 0.3) is 0 Å². The number of carbonyl (C=O) groups excluding carboxylic acids is 2. The second-order valence-corrected chi connectivity index (χ2v) is 4.83. The molecule has 1 unspecified atom stereocenters.